The first-order valence-corrected chi connectivity index (χ1v) is 8.22. The van der Waals surface area contributed by atoms with Crippen LogP contribution in [-0.4, -0.2) is 12.9 Å². The van der Waals surface area contributed by atoms with Gasteiger partial charge in [0.15, 0.2) is 7.38 Å². The van der Waals surface area contributed by atoms with Gasteiger partial charge in [0.1, 0.15) is 0 Å². The molecular weight excluding hydrogens is 231 g/mol. The van der Waals surface area contributed by atoms with Crippen LogP contribution < -0.4 is 0 Å². The first kappa shape index (κ1) is 11.3. The van der Waals surface area contributed by atoms with E-state index in [1.165, 1.54) is 11.1 Å². The molecule has 0 aromatic carbocycles. The summed E-state index contributed by atoms with van der Waals surface area (Å²) < 4.78 is 0. The van der Waals surface area contributed by atoms with Crippen molar-refractivity contribution in [1.29, 1.82) is 0 Å². The van der Waals surface area contributed by atoms with Gasteiger partial charge in [0, 0.05) is 5.50 Å². The van der Waals surface area contributed by atoms with Crippen molar-refractivity contribution in [2.24, 2.45) is 0 Å². The summed E-state index contributed by atoms with van der Waals surface area (Å²) in [4.78, 5) is 0. The topological polar surface area (TPSA) is 0 Å². The second kappa shape index (κ2) is 4.76. The molecule has 0 atom stereocenters. The third-order valence-electron chi connectivity index (χ3n) is 2.42. The maximum atomic E-state index is 6.66. The summed E-state index contributed by atoms with van der Waals surface area (Å²) in [6, 6.07) is 0. The highest BCUT2D eigenvalue weighted by Crippen LogP contribution is 2.45. The molecule has 0 spiro atoms. The maximum Gasteiger partial charge on any atom is 0.184 e. The van der Waals surface area contributed by atoms with Crippen molar-refractivity contribution in [3.05, 3.63) is 62.4 Å². The highest BCUT2D eigenvalue weighted by atomic mass is 35.6. The lowest BCUT2D eigenvalue weighted by atomic mass is 10.3. The monoisotopic (exact) mass is 240 g/mol. The molecular formula is C11H10Cl2Si. The normalized spacial score (nSPS) is 26.1. The zero-order valence-corrected chi connectivity index (χ0v) is 10.1. The van der Waals surface area contributed by atoms with Crippen LogP contribution in [0.15, 0.2) is 0 Å². The Balaban J connectivity index is 2.06. The van der Waals surface area contributed by atoms with Crippen molar-refractivity contribution < 1.29 is 0 Å². The van der Waals surface area contributed by atoms with Crippen LogP contribution >= 0.6 is 22.7 Å². The molecule has 72 valence electrons. The molecule has 2 aliphatic rings. The summed E-state index contributed by atoms with van der Waals surface area (Å²) in [6.07, 6.45) is 16.3. The largest absolute Gasteiger partial charge is 0.184 e. The summed E-state index contributed by atoms with van der Waals surface area (Å²) >= 11 is 12.7. The van der Waals surface area contributed by atoms with E-state index in [0.717, 1.165) is 0 Å². The van der Waals surface area contributed by atoms with Crippen LogP contribution in [0.25, 0.3) is 0 Å². The Hall–Kier alpha value is 0.797. The lowest BCUT2D eigenvalue weighted by Crippen LogP contribution is -2.44. The molecule has 0 nitrogen and oxygen atoms in total. The standard InChI is InChI=1S/C11H10Cl2Si/c12-9-14(13,10-5-1-2-6-10)11-7-3-4-8-11/h1-8H,9H2. The van der Waals surface area contributed by atoms with E-state index in [-0.39, 0.29) is 0 Å². The molecule has 10 radical (unpaired) electrons. The smallest absolute Gasteiger partial charge is 0.165 e. The van der Waals surface area contributed by atoms with Gasteiger partial charge in [-0.05, 0) is 62.4 Å². The number of hydrogen-bond donors (Lipinski definition) is 0. The number of rotatable bonds is 3. The minimum absolute atomic E-state index is 0.516. The van der Waals surface area contributed by atoms with E-state index in [1.807, 2.05) is 25.7 Å². The van der Waals surface area contributed by atoms with Crippen LogP contribution in [0.1, 0.15) is 0 Å². The van der Waals surface area contributed by atoms with E-state index in [9.17, 15) is 0 Å². The molecule has 3 heteroatoms. The molecule has 0 aliphatic heterocycles. The van der Waals surface area contributed by atoms with Crippen LogP contribution in [0.3, 0.4) is 0 Å². The number of hydrogen-bond acceptors (Lipinski definition) is 0. The molecule has 0 N–H and O–H groups in total. The van der Waals surface area contributed by atoms with Gasteiger partial charge in [0.25, 0.3) is 0 Å². The fourth-order valence-electron chi connectivity index (χ4n) is 1.60. The van der Waals surface area contributed by atoms with Crippen molar-refractivity contribution in [2.75, 3.05) is 5.50 Å². The van der Waals surface area contributed by atoms with Gasteiger partial charge in [-0.15, -0.1) is 11.6 Å². The quantitative estimate of drug-likeness (QED) is 0.405. The molecule has 0 amide bonds. The summed E-state index contributed by atoms with van der Waals surface area (Å²) in [5.41, 5.74) is 2.91. The van der Waals surface area contributed by atoms with Gasteiger partial charge in [0.05, 0.1) is 0 Å². The van der Waals surface area contributed by atoms with Crippen molar-refractivity contribution in [3.63, 3.8) is 0 Å². The van der Waals surface area contributed by atoms with E-state index in [1.54, 1.807) is 0 Å². The molecule has 14 heavy (non-hydrogen) atoms. The predicted molar refractivity (Wildman–Crippen MR) is 63.2 cm³/mol. The Labute approximate surface area is 98.1 Å². The average Bonchev–Trinajstić information content (AvgIpc) is 2.88. The first-order valence-electron chi connectivity index (χ1n) is 4.46. The SMILES string of the molecule is ClC[Si](Cl)([C]1[CH][CH][CH][CH]1)[C]1[CH][CH][CH][CH]1. The molecule has 0 saturated heterocycles. The lowest BCUT2D eigenvalue weighted by Gasteiger charge is -2.32. The number of halogens is 2. The molecule has 0 unspecified atom stereocenters. The zero-order chi connectivity index (χ0) is 10.0. The van der Waals surface area contributed by atoms with Crippen LogP contribution in [0, 0.1) is 62.4 Å². The Morgan fingerprint density at radius 2 is 1.21 bits per heavy atom. The predicted octanol–water partition coefficient (Wildman–Crippen LogP) is 2.84. The van der Waals surface area contributed by atoms with Gasteiger partial charge in [-0.1, -0.05) is 0 Å². The second-order valence-corrected chi connectivity index (χ2v) is 9.04. The average molecular weight is 241 g/mol. The van der Waals surface area contributed by atoms with Crippen LogP contribution in [0.4, 0.5) is 0 Å². The third kappa shape index (κ3) is 2.01. The van der Waals surface area contributed by atoms with Gasteiger partial charge in [-0.25, -0.2) is 0 Å². The highest BCUT2D eigenvalue weighted by molar-refractivity contribution is 7.29. The molecule has 2 rings (SSSR count). The summed E-state index contributed by atoms with van der Waals surface area (Å²) in [5, 5.41) is 0. The second-order valence-electron chi connectivity index (χ2n) is 3.28. The Bertz CT molecular complexity index is 168. The van der Waals surface area contributed by atoms with Gasteiger partial charge < -0.3 is 0 Å². The number of alkyl halides is 1. The summed E-state index contributed by atoms with van der Waals surface area (Å²) in [6.45, 7) is 0. The summed E-state index contributed by atoms with van der Waals surface area (Å²) in [7, 11) is -2.13. The fourth-order valence-corrected chi connectivity index (χ4v) is 5.36. The summed E-state index contributed by atoms with van der Waals surface area (Å²) in [5.74, 6) is 0. The molecule has 0 bridgehead atoms. The van der Waals surface area contributed by atoms with Gasteiger partial charge in [0.2, 0.25) is 0 Å². The van der Waals surface area contributed by atoms with Crippen molar-refractivity contribution in [1.82, 2.24) is 0 Å². The molecule has 0 aromatic rings. The first-order chi connectivity index (χ1) is 6.77. The molecule has 0 heterocycles. The van der Waals surface area contributed by atoms with E-state index in [4.69, 9.17) is 22.7 Å². The third-order valence-corrected chi connectivity index (χ3v) is 8.61. The minimum atomic E-state index is -2.13. The molecule has 0 aromatic heterocycles. The van der Waals surface area contributed by atoms with E-state index >= 15 is 0 Å². The van der Waals surface area contributed by atoms with Crippen LogP contribution in [-0.2, 0) is 0 Å². The molecule has 2 saturated carbocycles. The molecule has 2 aliphatic carbocycles. The Morgan fingerprint density at radius 1 is 0.857 bits per heavy atom. The van der Waals surface area contributed by atoms with Crippen LogP contribution in [0.2, 0.25) is 0 Å². The van der Waals surface area contributed by atoms with Crippen molar-refractivity contribution in [3.8, 4) is 0 Å². The van der Waals surface area contributed by atoms with E-state index < -0.39 is 7.38 Å². The van der Waals surface area contributed by atoms with Crippen LogP contribution in [0.5, 0.6) is 0 Å². The minimum Gasteiger partial charge on any atom is -0.165 e. The lowest BCUT2D eigenvalue weighted by molar-refractivity contribution is 1.35. The Morgan fingerprint density at radius 3 is 1.50 bits per heavy atom. The highest BCUT2D eigenvalue weighted by Gasteiger charge is 2.48. The van der Waals surface area contributed by atoms with E-state index in [2.05, 4.69) is 25.7 Å². The zero-order valence-electron chi connectivity index (χ0n) is 7.58. The van der Waals surface area contributed by atoms with Crippen molar-refractivity contribution in [2.45, 2.75) is 0 Å². The van der Waals surface area contributed by atoms with Crippen molar-refractivity contribution >= 4 is 30.1 Å². The Kier molecular flexibility index (Phi) is 3.83. The van der Waals surface area contributed by atoms with Gasteiger partial charge >= 0.3 is 0 Å². The maximum absolute atomic E-state index is 6.66. The van der Waals surface area contributed by atoms with E-state index in [0.29, 0.717) is 5.50 Å². The van der Waals surface area contributed by atoms with Gasteiger partial charge in [-0.3, -0.25) is 0 Å². The molecule has 2 fully saturated rings. The van der Waals surface area contributed by atoms with Gasteiger partial charge in [-0.2, -0.15) is 11.1 Å². The fraction of sp³-hybridized carbons (Fsp3) is 0.0909.